The number of anilines is 2. The molecular formula is C17H22N4O2S. The van der Waals surface area contributed by atoms with Crippen LogP contribution in [-0.2, 0) is 16.3 Å². The van der Waals surface area contributed by atoms with Gasteiger partial charge < -0.3 is 10.2 Å². The fourth-order valence-corrected chi connectivity index (χ4v) is 2.66. The minimum absolute atomic E-state index is 0.423. The van der Waals surface area contributed by atoms with Gasteiger partial charge in [-0.05, 0) is 30.3 Å². The van der Waals surface area contributed by atoms with Gasteiger partial charge in [0.1, 0.15) is 5.82 Å². The van der Waals surface area contributed by atoms with Gasteiger partial charge in [0.05, 0.1) is 0 Å². The summed E-state index contributed by atoms with van der Waals surface area (Å²) in [5, 5.41) is 3.31. The van der Waals surface area contributed by atoms with Gasteiger partial charge >= 0.3 is 0 Å². The van der Waals surface area contributed by atoms with Crippen molar-refractivity contribution in [3.8, 4) is 0 Å². The molecule has 1 amide bonds. The Morgan fingerprint density at radius 1 is 1.21 bits per heavy atom. The summed E-state index contributed by atoms with van der Waals surface area (Å²) in [5.74, 6) is 0.454. The van der Waals surface area contributed by atoms with Crippen LogP contribution in [0, 0.1) is 0 Å². The smallest absolute Gasteiger partial charge is 0.285 e. The van der Waals surface area contributed by atoms with Crippen LogP contribution in [0.3, 0.4) is 0 Å². The second-order valence-corrected chi connectivity index (χ2v) is 8.43. The van der Waals surface area contributed by atoms with Crippen LogP contribution in [0.1, 0.15) is 15.9 Å². The third-order valence-electron chi connectivity index (χ3n) is 3.21. The SMILES string of the molecule is CN(C)c1ncccc1CNc1ccc(C(=O)N=S(C)(C)=O)cc1. The summed E-state index contributed by atoms with van der Waals surface area (Å²) in [4.78, 5) is 18.2. The van der Waals surface area contributed by atoms with Crippen molar-refractivity contribution in [3.63, 3.8) is 0 Å². The van der Waals surface area contributed by atoms with Gasteiger partial charge in [-0.1, -0.05) is 6.07 Å². The molecule has 2 aromatic rings. The monoisotopic (exact) mass is 346 g/mol. The molecule has 0 saturated carbocycles. The van der Waals surface area contributed by atoms with Gasteiger partial charge in [-0.15, -0.1) is 0 Å². The van der Waals surface area contributed by atoms with Crippen molar-refractivity contribution in [1.29, 1.82) is 0 Å². The van der Waals surface area contributed by atoms with Crippen LogP contribution in [0.2, 0.25) is 0 Å². The lowest BCUT2D eigenvalue weighted by atomic mass is 10.2. The van der Waals surface area contributed by atoms with Gasteiger partial charge in [-0.2, -0.15) is 4.36 Å². The Morgan fingerprint density at radius 3 is 2.46 bits per heavy atom. The largest absolute Gasteiger partial charge is 0.381 e. The van der Waals surface area contributed by atoms with E-state index in [0.717, 1.165) is 17.1 Å². The third-order valence-corrected chi connectivity index (χ3v) is 3.81. The molecule has 24 heavy (non-hydrogen) atoms. The maximum atomic E-state index is 11.9. The number of hydrogen-bond acceptors (Lipinski definition) is 5. The highest BCUT2D eigenvalue weighted by atomic mass is 32.2. The predicted molar refractivity (Wildman–Crippen MR) is 99.1 cm³/mol. The number of benzene rings is 1. The van der Waals surface area contributed by atoms with Crippen molar-refractivity contribution in [2.24, 2.45) is 4.36 Å². The number of nitrogens with zero attached hydrogens (tertiary/aromatic N) is 3. The summed E-state index contributed by atoms with van der Waals surface area (Å²) >= 11 is 0. The molecule has 0 atom stereocenters. The maximum Gasteiger partial charge on any atom is 0.285 e. The second-order valence-electron chi connectivity index (χ2n) is 5.89. The highest BCUT2D eigenvalue weighted by Gasteiger charge is 2.07. The minimum Gasteiger partial charge on any atom is -0.381 e. The number of pyridine rings is 1. The number of carbonyl (C=O) groups is 1. The molecule has 1 heterocycles. The Balaban J connectivity index is 2.08. The molecule has 0 fully saturated rings. The number of aromatic nitrogens is 1. The number of rotatable bonds is 5. The standard InChI is InChI=1S/C17H22N4O2S/c1-21(2)16-14(6-5-11-18-16)12-19-15-9-7-13(8-10-15)17(22)20-24(3,4)23/h5-11,19H,12H2,1-4H3. The molecule has 0 unspecified atom stereocenters. The molecule has 0 bridgehead atoms. The van der Waals surface area contributed by atoms with E-state index < -0.39 is 15.6 Å². The number of carbonyl (C=O) groups excluding carboxylic acids is 1. The van der Waals surface area contributed by atoms with Crippen LogP contribution in [0.4, 0.5) is 11.5 Å². The molecule has 0 aliphatic carbocycles. The summed E-state index contributed by atoms with van der Waals surface area (Å²) in [6.07, 6.45) is 4.65. The molecule has 0 spiro atoms. The van der Waals surface area contributed by atoms with Crippen molar-refractivity contribution >= 4 is 27.1 Å². The van der Waals surface area contributed by atoms with Gasteiger partial charge in [-0.3, -0.25) is 4.79 Å². The van der Waals surface area contributed by atoms with Gasteiger partial charge in [0.2, 0.25) is 0 Å². The van der Waals surface area contributed by atoms with Crippen molar-refractivity contribution in [2.75, 3.05) is 36.8 Å². The fraction of sp³-hybridized carbons (Fsp3) is 0.294. The van der Waals surface area contributed by atoms with Crippen LogP contribution < -0.4 is 10.2 Å². The van der Waals surface area contributed by atoms with E-state index in [1.54, 1.807) is 18.3 Å². The number of nitrogens with one attached hydrogen (secondary N) is 1. The highest BCUT2D eigenvalue weighted by Crippen LogP contribution is 2.17. The minimum atomic E-state index is -2.44. The molecule has 0 saturated heterocycles. The first-order valence-electron chi connectivity index (χ1n) is 7.43. The van der Waals surface area contributed by atoms with E-state index in [2.05, 4.69) is 14.7 Å². The van der Waals surface area contributed by atoms with Crippen LogP contribution in [0.25, 0.3) is 0 Å². The molecule has 1 N–H and O–H groups in total. The zero-order chi connectivity index (χ0) is 17.7. The van der Waals surface area contributed by atoms with E-state index in [9.17, 15) is 9.00 Å². The van der Waals surface area contributed by atoms with E-state index in [1.807, 2.05) is 43.3 Å². The second kappa shape index (κ2) is 7.44. The fourth-order valence-electron chi connectivity index (χ4n) is 2.15. The van der Waals surface area contributed by atoms with Gasteiger partial charge in [0.25, 0.3) is 5.91 Å². The van der Waals surface area contributed by atoms with Crippen molar-refractivity contribution in [2.45, 2.75) is 6.54 Å². The van der Waals surface area contributed by atoms with Crippen molar-refractivity contribution in [1.82, 2.24) is 4.98 Å². The van der Waals surface area contributed by atoms with Crippen LogP contribution in [0.15, 0.2) is 47.0 Å². The van der Waals surface area contributed by atoms with E-state index in [-0.39, 0.29) is 0 Å². The quantitative estimate of drug-likeness (QED) is 0.901. The summed E-state index contributed by atoms with van der Waals surface area (Å²) in [5.41, 5.74) is 2.38. The van der Waals surface area contributed by atoms with Gasteiger partial charge in [-0.25, -0.2) is 9.19 Å². The maximum absolute atomic E-state index is 11.9. The van der Waals surface area contributed by atoms with E-state index >= 15 is 0 Å². The molecule has 1 aromatic heterocycles. The first kappa shape index (κ1) is 17.9. The third kappa shape index (κ3) is 5.06. The highest BCUT2D eigenvalue weighted by molar-refractivity contribution is 7.92. The number of hydrogen-bond donors (Lipinski definition) is 1. The molecule has 2 rings (SSSR count). The molecule has 0 aliphatic heterocycles. The van der Waals surface area contributed by atoms with Gasteiger partial charge in [0.15, 0.2) is 0 Å². The molecule has 1 aromatic carbocycles. The summed E-state index contributed by atoms with van der Waals surface area (Å²) in [7, 11) is 1.46. The lowest BCUT2D eigenvalue weighted by Crippen LogP contribution is -2.14. The average Bonchev–Trinajstić information content (AvgIpc) is 2.52. The zero-order valence-electron chi connectivity index (χ0n) is 14.3. The molecule has 7 heteroatoms. The lowest BCUT2D eigenvalue weighted by molar-refractivity contribution is 0.100. The van der Waals surface area contributed by atoms with Crippen LogP contribution in [-0.4, -0.2) is 41.7 Å². The van der Waals surface area contributed by atoms with E-state index in [0.29, 0.717) is 12.1 Å². The Bertz CT molecular complexity index is 830. The molecular weight excluding hydrogens is 324 g/mol. The molecule has 0 aliphatic rings. The first-order chi connectivity index (χ1) is 11.3. The van der Waals surface area contributed by atoms with Crippen molar-refractivity contribution in [3.05, 3.63) is 53.7 Å². The Morgan fingerprint density at radius 2 is 1.88 bits per heavy atom. The van der Waals surface area contributed by atoms with Gasteiger partial charge in [0, 0.05) is 65.9 Å². The Kier molecular flexibility index (Phi) is 5.56. The predicted octanol–water partition coefficient (Wildman–Crippen LogP) is 2.63. The molecule has 0 radical (unpaired) electrons. The number of amides is 1. The van der Waals surface area contributed by atoms with E-state index in [4.69, 9.17) is 0 Å². The molecule has 128 valence electrons. The lowest BCUT2D eigenvalue weighted by Gasteiger charge is -2.16. The van der Waals surface area contributed by atoms with Crippen LogP contribution >= 0.6 is 0 Å². The first-order valence-corrected chi connectivity index (χ1v) is 9.76. The Labute approximate surface area is 143 Å². The molecule has 6 nitrogen and oxygen atoms in total. The summed E-state index contributed by atoms with van der Waals surface area (Å²) in [6, 6.07) is 10.9. The van der Waals surface area contributed by atoms with Crippen molar-refractivity contribution < 1.29 is 9.00 Å². The topological polar surface area (TPSA) is 74.7 Å². The normalized spacial score (nSPS) is 11.0. The summed E-state index contributed by atoms with van der Waals surface area (Å²) < 4.78 is 15.3. The Hall–Kier alpha value is -2.41. The summed E-state index contributed by atoms with van der Waals surface area (Å²) in [6.45, 7) is 0.622. The average molecular weight is 346 g/mol. The van der Waals surface area contributed by atoms with E-state index in [1.165, 1.54) is 12.5 Å². The zero-order valence-corrected chi connectivity index (χ0v) is 15.1. The van der Waals surface area contributed by atoms with Crippen LogP contribution in [0.5, 0.6) is 0 Å².